The first-order chi connectivity index (χ1) is 7.87. The third-order valence-corrected chi connectivity index (χ3v) is 5.62. The van der Waals surface area contributed by atoms with Crippen LogP contribution < -0.4 is 5.32 Å². The SMILES string of the molecule is CNCCCCS(=O)(=O)C1CCC(F)(F)CC1. The van der Waals surface area contributed by atoms with Gasteiger partial charge in [0.25, 0.3) is 0 Å². The van der Waals surface area contributed by atoms with Crippen LogP contribution in [0.15, 0.2) is 0 Å². The van der Waals surface area contributed by atoms with E-state index in [1.54, 1.807) is 0 Å². The highest BCUT2D eigenvalue weighted by atomic mass is 32.2. The Morgan fingerprint density at radius 3 is 2.35 bits per heavy atom. The minimum absolute atomic E-state index is 0.112. The van der Waals surface area contributed by atoms with Crippen molar-refractivity contribution in [3.63, 3.8) is 0 Å². The van der Waals surface area contributed by atoms with Crippen molar-refractivity contribution < 1.29 is 17.2 Å². The van der Waals surface area contributed by atoms with Crippen molar-refractivity contribution in [2.75, 3.05) is 19.3 Å². The third-order valence-electron chi connectivity index (χ3n) is 3.28. The number of alkyl halides is 2. The molecule has 0 radical (unpaired) electrons. The number of halogens is 2. The summed E-state index contributed by atoms with van der Waals surface area (Å²) in [5.41, 5.74) is 0. The summed E-state index contributed by atoms with van der Waals surface area (Å²) >= 11 is 0. The second-order valence-electron chi connectivity index (χ2n) is 4.73. The zero-order chi connectivity index (χ0) is 12.9. The predicted octanol–water partition coefficient (Wildman–Crippen LogP) is 1.98. The van der Waals surface area contributed by atoms with Gasteiger partial charge in [0.2, 0.25) is 5.92 Å². The predicted molar refractivity (Wildman–Crippen MR) is 64.2 cm³/mol. The molecule has 1 aliphatic rings. The van der Waals surface area contributed by atoms with E-state index in [9.17, 15) is 17.2 Å². The van der Waals surface area contributed by atoms with Gasteiger partial charge in [-0.25, -0.2) is 17.2 Å². The molecule has 1 fully saturated rings. The molecule has 1 aliphatic carbocycles. The molecule has 1 rings (SSSR count). The van der Waals surface area contributed by atoms with Crippen molar-refractivity contribution in [2.24, 2.45) is 0 Å². The molecule has 1 N–H and O–H groups in total. The van der Waals surface area contributed by atoms with Gasteiger partial charge in [0, 0.05) is 12.8 Å². The Morgan fingerprint density at radius 2 is 1.82 bits per heavy atom. The van der Waals surface area contributed by atoms with Crippen LogP contribution in [0.4, 0.5) is 8.78 Å². The topological polar surface area (TPSA) is 46.2 Å². The molecule has 0 bridgehead atoms. The molecular weight excluding hydrogens is 248 g/mol. The van der Waals surface area contributed by atoms with E-state index >= 15 is 0 Å². The lowest BCUT2D eigenvalue weighted by atomic mass is 9.96. The molecule has 0 aromatic rings. The van der Waals surface area contributed by atoms with Gasteiger partial charge in [0.1, 0.15) is 0 Å². The van der Waals surface area contributed by atoms with Crippen LogP contribution in [-0.2, 0) is 9.84 Å². The van der Waals surface area contributed by atoms with Crippen molar-refractivity contribution in [2.45, 2.75) is 49.7 Å². The molecular formula is C11H21F2NO2S. The molecule has 1 saturated carbocycles. The Balaban J connectivity index is 2.38. The summed E-state index contributed by atoms with van der Waals surface area (Å²) in [6, 6.07) is 0. The summed E-state index contributed by atoms with van der Waals surface area (Å²) in [5.74, 6) is -2.52. The van der Waals surface area contributed by atoms with Crippen LogP contribution in [0.1, 0.15) is 38.5 Å². The highest BCUT2D eigenvalue weighted by molar-refractivity contribution is 7.92. The summed E-state index contributed by atoms with van der Waals surface area (Å²) in [7, 11) is -1.36. The van der Waals surface area contributed by atoms with Gasteiger partial charge >= 0.3 is 0 Å². The Morgan fingerprint density at radius 1 is 1.24 bits per heavy atom. The molecule has 102 valence electrons. The van der Waals surface area contributed by atoms with E-state index in [2.05, 4.69) is 5.32 Å². The molecule has 6 heteroatoms. The highest BCUT2D eigenvalue weighted by Gasteiger charge is 2.39. The largest absolute Gasteiger partial charge is 0.320 e. The molecule has 0 aliphatic heterocycles. The molecule has 0 saturated heterocycles. The lowest BCUT2D eigenvalue weighted by molar-refractivity contribution is -0.0328. The second-order valence-corrected chi connectivity index (χ2v) is 7.13. The van der Waals surface area contributed by atoms with E-state index < -0.39 is 21.0 Å². The van der Waals surface area contributed by atoms with Crippen molar-refractivity contribution in [3.05, 3.63) is 0 Å². The van der Waals surface area contributed by atoms with E-state index in [-0.39, 0.29) is 31.4 Å². The molecule has 0 unspecified atom stereocenters. The molecule has 17 heavy (non-hydrogen) atoms. The number of unbranched alkanes of at least 4 members (excludes halogenated alkanes) is 1. The lowest BCUT2D eigenvalue weighted by Crippen LogP contribution is -2.33. The molecule has 0 aromatic heterocycles. The van der Waals surface area contributed by atoms with Crippen LogP contribution >= 0.6 is 0 Å². The fourth-order valence-electron chi connectivity index (χ4n) is 2.14. The molecule has 0 atom stereocenters. The van der Waals surface area contributed by atoms with Crippen molar-refractivity contribution in [3.8, 4) is 0 Å². The number of hydrogen-bond donors (Lipinski definition) is 1. The van der Waals surface area contributed by atoms with Gasteiger partial charge in [0.05, 0.1) is 11.0 Å². The second kappa shape index (κ2) is 6.09. The van der Waals surface area contributed by atoms with Crippen LogP contribution in [0, 0.1) is 0 Å². The summed E-state index contributed by atoms with van der Waals surface area (Å²) in [6.07, 6.45) is 1.07. The zero-order valence-corrected chi connectivity index (χ0v) is 11.0. The maximum atomic E-state index is 12.9. The van der Waals surface area contributed by atoms with Gasteiger partial charge < -0.3 is 5.32 Å². The van der Waals surface area contributed by atoms with Gasteiger partial charge in [0.15, 0.2) is 9.84 Å². The molecule has 3 nitrogen and oxygen atoms in total. The Labute approximate surface area is 102 Å². The number of hydrogen-bond acceptors (Lipinski definition) is 3. The van der Waals surface area contributed by atoms with E-state index in [4.69, 9.17) is 0 Å². The fraction of sp³-hybridized carbons (Fsp3) is 1.00. The highest BCUT2D eigenvalue weighted by Crippen LogP contribution is 2.35. The van der Waals surface area contributed by atoms with E-state index in [1.807, 2.05) is 7.05 Å². The molecule has 0 aromatic carbocycles. The number of nitrogens with one attached hydrogen (secondary N) is 1. The van der Waals surface area contributed by atoms with Gasteiger partial charge in [-0.2, -0.15) is 0 Å². The zero-order valence-electron chi connectivity index (χ0n) is 10.2. The van der Waals surface area contributed by atoms with Crippen molar-refractivity contribution in [1.29, 1.82) is 0 Å². The maximum Gasteiger partial charge on any atom is 0.248 e. The quantitative estimate of drug-likeness (QED) is 0.750. The smallest absolute Gasteiger partial charge is 0.248 e. The average molecular weight is 269 g/mol. The number of rotatable bonds is 6. The normalized spacial score (nSPS) is 21.6. The summed E-state index contributed by atoms with van der Waals surface area (Å²) in [6.45, 7) is 0.790. The van der Waals surface area contributed by atoms with Crippen molar-refractivity contribution in [1.82, 2.24) is 5.32 Å². The third kappa shape index (κ3) is 4.87. The van der Waals surface area contributed by atoms with E-state index in [0.29, 0.717) is 6.42 Å². The van der Waals surface area contributed by atoms with E-state index in [0.717, 1.165) is 13.0 Å². The Hall–Kier alpha value is -0.230. The molecule has 0 spiro atoms. The average Bonchev–Trinajstić information content (AvgIpc) is 2.24. The Bertz CT molecular complexity index is 320. The molecule has 0 heterocycles. The Kier molecular flexibility index (Phi) is 5.31. The monoisotopic (exact) mass is 269 g/mol. The van der Waals surface area contributed by atoms with Gasteiger partial charge in [-0.3, -0.25) is 0 Å². The standard InChI is InChI=1S/C11H21F2NO2S/c1-14-8-2-3-9-17(15,16)10-4-6-11(12,13)7-5-10/h10,14H,2-9H2,1H3. The fourth-order valence-corrected chi connectivity index (χ4v) is 4.04. The van der Waals surface area contributed by atoms with Crippen LogP contribution in [0.2, 0.25) is 0 Å². The summed E-state index contributed by atoms with van der Waals surface area (Å²) < 4.78 is 49.6. The van der Waals surface area contributed by atoms with Crippen LogP contribution in [-0.4, -0.2) is 38.9 Å². The maximum absolute atomic E-state index is 12.9. The van der Waals surface area contributed by atoms with Gasteiger partial charge in [-0.1, -0.05) is 0 Å². The first kappa shape index (κ1) is 14.8. The number of sulfone groups is 1. The minimum Gasteiger partial charge on any atom is -0.320 e. The minimum atomic E-state index is -3.18. The van der Waals surface area contributed by atoms with Crippen LogP contribution in [0.3, 0.4) is 0 Å². The lowest BCUT2D eigenvalue weighted by Gasteiger charge is -2.27. The van der Waals surface area contributed by atoms with Gasteiger partial charge in [-0.05, 0) is 39.3 Å². The van der Waals surface area contributed by atoms with Crippen molar-refractivity contribution >= 4 is 9.84 Å². The molecule has 0 amide bonds. The van der Waals surface area contributed by atoms with E-state index in [1.165, 1.54) is 0 Å². The van der Waals surface area contributed by atoms with Gasteiger partial charge in [-0.15, -0.1) is 0 Å². The first-order valence-electron chi connectivity index (χ1n) is 6.11. The first-order valence-corrected chi connectivity index (χ1v) is 7.83. The summed E-state index contributed by atoms with van der Waals surface area (Å²) in [5, 5.41) is 2.41. The van der Waals surface area contributed by atoms with Crippen LogP contribution in [0.25, 0.3) is 0 Å². The summed E-state index contributed by atoms with van der Waals surface area (Å²) in [4.78, 5) is 0. The van der Waals surface area contributed by atoms with Crippen LogP contribution in [0.5, 0.6) is 0 Å².